The van der Waals surface area contributed by atoms with Crippen LogP contribution in [0, 0.1) is 0 Å². The predicted molar refractivity (Wildman–Crippen MR) is 86.2 cm³/mol. The average molecular weight is 308 g/mol. The van der Waals surface area contributed by atoms with Gasteiger partial charge in [0.2, 0.25) is 0 Å². The third-order valence-corrected chi connectivity index (χ3v) is 3.80. The third kappa shape index (κ3) is 20.4. The quantitative estimate of drug-likeness (QED) is 0.370. The van der Waals surface area contributed by atoms with Gasteiger partial charge in [0.05, 0.1) is 6.54 Å². The van der Waals surface area contributed by atoms with Gasteiger partial charge in [0.15, 0.2) is 0 Å². The summed E-state index contributed by atoms with van der Waals surface area (Å²) >= 11 is 0. The van der Waals surface area contributed by atoms with Crippen LogP contribution in [0.5, 0.6) is 0 Å². The summed E-state index contributed by atoms with van der Waals surface area (Å²) in [5.74, 6) is -0.730. The SMILES string of the molecule is CCCCCCCCCCCCCCN(C)CC(=O)O.[Na+]. The summed E-state index contributed by atoms with van der Waals surface area (Å²) < 4.78 is 0. The van der Waals surface area contributed by atoms with Crippen LogP contribution in [0.1, 0.15) is 84.0 Å². The molecule has 0 atom stereocenters. The van der Waals surface area contributed by atoms with Crippen molar-refractivity contribution in [1.29, 1.82) is 0 Å². The molecule has 0 aromatic carbocycles. The second-order valence-corrected chi connectivity index (χ2v) is 6.02. The molecular formula is C17H35NNaO2+. The molecule has 4 heteroatoms. The summed E-state index contributed by atoms with van der Waals surface area (Å²) in [5.41, 5.74) is 0. The zero-order valence-electron chi connectivity index (χ0n) is 14.7. The molecular weight excluding hydrogens is 273 g/mol. The molecule has 0 saturated carbocycles. The zero-order valence-corrected chi connectivity index (χ0v) is 16.7. The van der Waals surface area contributed by atoms with E-state index >= 15 is 0 Å². The number of likely N-dealkylation sites (N-methyl/N-ethyl adjacent to an activating group) is 1. The van der Waals surface area contributed by atoms with E-state index in [2.05, 4.69) is 6.92 Å². The van der Waals surface area contributed by atoms with Gasteiger partial charge in [-0.2, -0.15) is 0 Å². The average Bonchev–Trinajstić information content (AvgIpc) is 2.39. The van der Waals surface area contributed by atoms with E-state index in [0.717, 1.165) is 13.0 Å². The molecule has 0 rings (SSSR count). The van der Waals surface area contributed by atoms with Crippen LogP contribution in [0.25, 0.3) is 0 Å². The molecule has 0 aliphatic carbocycles. The predicted octanol–water partition coefficient (Wildman–Crippen LogP) is 1.71. The van der Waals surface area contributed by atoms with E-state index in [1.807, 2.05) is 11.9 Å². The van der Waals surface area contributed by atoms with Crippen LogP contribution >= 0.6 is 0 Å². The summed E-state index contributed by atoms with van der Waals surface area (Å²) in [6.45, 7) is 3.33. The van der Waals surface area contributed by atoms with Crippen molar-refractivity contribution < 1.29 is 39.5 Å². The first-order valence-electron chi connectivity index (χ1n) is 8.57. The second kappa shape index (κ2) is 18.5. The number of carboxylic acid groups (broad SMARTS) is 1. The Balaban J connectivity index is 0. The van der Waals surface area contributed by atoms with Crippen molar-refractivity contribution in [3.05, 3.63) is 0 Å². The van der Waals surface area contributed by atoms with Crippen LogP contribution in [-0.4, -0.2) is 36.1 Å². The molecule has 0 heterocycles. The number of aliphatic carboxylic acids is 1. The van der Waals surface area contributed by atoms with Gasteiger partial charge < -0.3 is 5.11 Å². The Morgan fingerprint density at radius 3 is 1.57 bits per heavy atom. The fourth-order valence-electron chi connectivity index (χ4n) is 2.53. The molecule has 0 aromatic rings. The minimum absolute atomic E-state index is 0. The summed E-state index contributed by atoms with van der Waals surface area (Å²) in [6.07, 6.45) is 16.2. The first kappa shape index (κ1) is 23.7. The summed E-state index contributed by atoms with van der Waals surface area (Å²) in [4.78, 5) is 12.4. The number of hydrogen-bond acceptors (Lipinski definition) is 2. The maximum absolute atomic E-state index is 10.5. The van der Waals surface area contributed by atoms with Crippen molar-refractivity contribution in [2.24, 2.45) is 0 Å². The molecule has 0 aliphatic rings. The van der Waals surface area contributed by atoms with Crippen molar-refractivity contribution in [1.82, 2.24) is 4.90 Å². The Hall–Kier alpha value is 0.430. The van der Waals surface area contributed by atoms with E-state index in [1.54, 1.807) is 0 Å². The van der Waals surface area contributed by atoms with Crippen LogP contribution in [0.3, 0.4) is 0 Å². The number of unbranched alkanes of at least 4 members (excludes halogenated alkanes) is 11. The van der Waals surface area contributed by atoms with Gasteiger partial charge >= 0.3 is 35.5 Å². The molecule has 0 saturated heterocycles. The summed E-state index contributed by atoms with van der Waals surface area (Å²) in [7, 11) is 1.88. The van der Waals surface area contributed by atoms with Crippen molar-refractivity contribution in [3.8, 4) is 0 Å². The molecule has 0 bridgehead atoms. The van der Waals surface area contributed by atoms with Crippen molar-refractivity contribution >= 4 is 5.97 Å². The van der Waals surface area contributed by atoms with Gasteiger partial charge in [0.25, 0.3) is 0 Å². The molecule has 0 unspecified atom stereocenters. The van der Waals surface area contributed by atoms with E-state index in [-0.39, 0.29) is 36.1 Å². The van der Waals surface area contributed by atoms with Crippen LogP contribution in [-0.2, 0) is 4.79 Å². The molecule has 1 N–H and O–H groups in total. The molecule has 0 spiro atoms. The smallest absolute Gasteiger partial charge is 0.480 e. The Labute approximate surface area is 154 Å². The molecule has 0 fully saturated rings. The molecule has 3 nitrogen and oxygen atoms in total. The number of rotatable bonds is 15. The molecule has 0 aliphatic heterocycles. The first-order chi connectivity index (χ1) is 9.66. The van der Waals surface area contributed by atoms with Gasteiger partial charge in [0, 0.05) is 0 Å². The number of carbonyl (C=O) groups is 1. The van der Waals surface area contributed by atoms with Gasteiger partial charge in [-0.25, -0.2) is 0 Å². The number of carboxylic acids is 1. The monoisotopic (exact) mass is 308 g/mol. The second-order valence-electron chi connectivity index (χ2n) is 6.02. The fraction of sp³-hybridized carbons (Fsp3) is 0.941. The molecule has 0 aromatic heterocycles. The van der Waals surface area contributed by atoms with Crippen LogP contribution in [0.4, 0.5) is 0 Å². The van der Waals surface area contributed by atoms with Gasteiger partial charge in [-0.1, -0.05) is 77.6 Å². The maximum atomic E-state index is 10.5. The minimum atomic E-state index is -0.730. The number of hydrogen-bond donors (Lipinski definition) is 1. The fourth-order valence-corrected chi connectivity index (χ4v) is 2.53. The van der Waals surface area contributed by atoms with Crippen LogP contribution in [0.15, 0.2) is 0 Å². The Bertz CT molecular complexity index is 225. The van der Waals surface area contributed by atoms with E-state index in [1.165, 1.54) is 70.6 Å². The number of nitrogens with zero attached hydrogens (tertiary/aromatic N) is 1. The van der Waals surface area contributed by atoms with E-state index in [0.29, 0.717) is 0 Å². The van der Waals surface area contributed by atoms with E-state index in [9.17, 15) is 4.79 Å². The maximum Gasteiger partial charge on any atom is 1.00 e. The molecule has 0 amide bonds. The largest absolute Gasteiger partial charge is 1.00 e. The van der Waals surface area contributed by atoms with Crippen molar-refractivity contribution in [2.75, 3.05) is 20.1 Å². The molecule has 0 radical (unpaired) electrons. The van der Waals surface area contributed by atoms with Crippen LogP contribution in [0.2, 0.25) is 0 Å². The Kier molecular flexibility index (Phi) is 20.8. The molecule has 21 heavy (non-hydrogen) atoms. The van der Waals surface area contributed by atoms with Crippen molar-refractivity contribution in [2.45, 2.75) is 84.0 Å². The zero-order chi connectivity index (χ0) is 15.1. The van der Waals surface area contributed by atoms with E-state index < -0.39 is 5.97 Å². The van der Waals surface area contributed by atoms with Gasteiger partial charge in [-0.3, -0.25) is 9.69 Å². The Morgan fingerprint density at radius 1 is 0.810 bits per heavy atom. The van der Waals surface area contributed by atoms with Crippen molar-refractivity contribution in [3.63, 3.8) is 0 Å². The third-order valence-electron chi connectivity index (χ3n) is 3.80. The summed E-state index contributed by atoms with van der Waals surface area (Å²) in [5, 5.41) is 8.63. The van der Waals surface area contributed by atoms with Gasteiger partial charge in [-0.05, 0) is 20.0 Å². The Morgan fingerprint density at radius 2 is 1.19 bits per heavy atom. The van der Waals surface area contributed by atoms with E-state index in [4.69, 9.17) is 5.11 Å². The first-order valence-corrected chi connectivity index (χ1v) is 8.57. The summed E-state index contributed by atoms with van der Waals surface area (Å²) in [6, 6.07) is 0. The van der Waals surface area contributed by atoms with Gasteiger partial charge in [0.1, 0.15) is 0 Å². The van der Waals surface area contributed by atoms with Gasteiger partial charge in [-0.15, -0.1) is 0 Å². The standard InChI is InChI=1S/C17H35NO2.Na/c1-3-4-5-6-7-8-9-10-11-12-13-14-15-18(2)16-17(19)20;/h3-16H2,1-2H3,(H,19,20);/q;+1. The normalized spacial score (nSPS) is 10.6. The minimum Gasteiger partial charge on any atom is -0.480 e. The molecule has 120 valence electrons. The van der Waals surface area contributed by atoms with Crippen LogP contribution < -0.4 is 29.6 Å². The topological polar surface area (TPSA) is 40.5 Å².